The van der Waals surface area contributed by atoms with Crippen molar-refractivity contribution in [1.29, 1.82) is 0 Å². The molecule has 0 spiro atoms. The zero-order chi connectivity index (χ0) is 6.69. The predicted octanol–water partition coefficient (Wildman–Crippen LogP) is 0.687. The van der Waals surface area contributed by atoms with Gasteiger partial charge in [-0.25, -0.2) is 0 Å². The monoisotopic (exact) mass is 126 g/mol. The first-order valence-corrected chi connectivity index (χ1v) is 3.54. The molecule has 0 aromatic heterocycles. The van der Waals surface area contributed by atoms with Crippen LogP contribution >= 0.6 is 0 Å². The molecule has 1 aliphatic heterocycles. The molecule has 2 heteroatoms. The third-order valence-electron chi connectivity index (χ3n) is 1.95. The summed E-state index contributed by atoms with van der Waals surface area (Å²) < 4.78 is 0. The minimum Gasteiger partial charge on any atom is -0.311 e. The Morgan fingerprint density at radius 1 is 1.78 bits per heavy atom. The van der Waals surface area contributed by atoms with Crippen molar-refractivity contribution >= 4 is 5.71 Å². The number of rotatable bonds is 1. The van der Waals surface area contributed by atoms with Gasteiger partial charge in [0.25, 0.3) is 0 Å². The molecule has 0 aromatic carbocycles. The van der Waals surface area contributed by atoms with Gasteiger partial charge in [0, 0.05) is 31.8 Å². The van der Waals surface area contributed by atoms with Gasteiger partial charge in [0.1, 0.15) is 0 Å². The molecule has 52 valence electrons. The summed E-state index contributed by atoms with van der Waals surface area (Å²) in [5.41, 5.74) is 1.34. The van der Waals surface area contributed by atoms with E-state index in [1.807, 2.05) is 7.05 Å². The average Bonchev–Trinajstić information content (AvgIpc) is 2.33. The second-order valence-corrected chi connectivity index (χ2v) is 2.45. The summed E-state index contributed by atoms with van der Waals surface area (Å²) in [6.07, 6.45) is 1.22. The number of hydrogen-bond donors (Lipinski definition) is 1. The summed E-state index contributed by atoms with van der Waals surface area (Å²) in [6.45, 7) is 4.35. The van der Waals surface area contributed by atoms with Gasteiger partial charge in [-0.3, -0.25) is 4.99 Å². The van der Waals surface area contributed by atoms with Crippen molar-refractivity contribution in [3.05, 3.63) is 0 Å². The van der Waals surface area contributed by atoms with E-state index >= 15 is 0 Å². The summed E-state index contributed by atoms with van der Waals surface area (Å²) in [5, 5.41) is 3.29. The van der Waals surface area contributed by atoms with Crippen molar-refractivity contribution in [3.63, 3.8) is 0 Å². The van der Waals surface area contributed by atoms with Gasteiger partial charge >= 0.3 is 0 Å². The topological polar surface area (TPSA) is 24.4 Å². The molecule has 1 unspecified atom stereocenters. The largest absolute Gasteiger partial charge is 0.311 e. The van der Waals surface area contributed by atoms with Crippen molar-refractivity contribution in [1.82, 2.24) is 5.32 Å². The van der Waals surface area contributed by atoms with Gasteiger partial charge in [-0.2, -0.15) is 0 Å². The van der Waals surface area contributed by atoms with Crippen LogP contribution in [0, 0.1) is 5.92 Å². The Labute approximate surface area is 56.4 Å². The van der Waals surface area contributed by atoms with E-state index in [1.54, 1.807) is 0 Å². The normalized spacial score (nSPS) is 31.8. The van der Waals surface area contributed by atoms with Crippen LogP contribution in [0.15, 0.2) is 4.99 Å². The van der Waals surface area contributed by atoms with Gasteiger partial charge in [0.2, 0.25) is 0 Å². The van der Waals surface area contributed by atoms with E-state index in [2.05, 4.69) is 17.2 Å². The Morgan fingerprint density at radius 3 is 3.00 bits per heavy atom. The highest BCUT2D eigenvalue weighted by atomic mass is 14.9. The Hall–Kier alpha value is -0.370. The van der Waals surface area contributed by atoms with Gasteiger partial charge in [-0.1, -0.05) is 6.92 Å². The molecule has 0 amide bonds. The molecule has 1 aliphatic rings. The van der Waals surface area contributed by atoms with Crippen LogP contribution in [-0.2, 0) is 0 Å². The van der Waals surface area contributed by atoms with Crippen molar-refractivity contribution in [2.24, 2.45) is 10.9 Å². The van der Waals surface area contributed by atoms with Gasteiger partial charge < -0.3 is 5.32 Å². The van der Waals surface area contributed by atoms with Crippen LogP contribution in [-0.4, -0.2) is 25.8 Å². The summed E-state index contributed by atoms with van der Waals surface area (Å²) >= 11 is 0. The fourth-order valence-electron chi connectivity index (χ4n) is 1.28. The molecule has 1 saturated heterocycles. The van der Waals surface area contributed by atoms with E-state index in [1.165, 1.54) is 12.1 Å². The lowest BCUT2D eigenvalue weighted by Gasteiger charge is -2.03. The van der Waals surface area contributed by atoms with Crippen molar-refractivity contribution in [3.8, 4) is 0 Å². The smallest absolute Gasteiger partial charge is 0.0338 e. The van der Waals surface area contributed by atoms with Gasteiger partial charge in [0.05, 0.1) is 0 Å². The second kappa shape index (κ2) is 2.97. The fraction of sp³-hybridized carbons (Fsp3) is 0.857. The lowest BCUT2D eigenvalue weighted by atomic mass is 10.0. The maximum atomic E-state index is 4.19. The fourth-order valence-corrected chi connectivity index (χ4v) is 1.28. The van der Waals surface area contributed by atoms with Crippen molar-refractivity contribution in [2.45, 2.75) is 13.3 Å². The molecule has 0 bridgehead atoms. The molecule has 1 heterocycles. The Morgan fingerprint density at radius 2 is 2.56 bits per heavy atom. The van der Waals surface area contributed by atoms with Crippen LogP contribution < -0.4 is 5.32 Å². The van der Waals surface area contributed by atoms with Crippen LogP contribution in [0.4, 0.5) is 0 Å². The first kappa shape index (κ1) is 6.75. The summed E-state index contributed by atoms with van der Waals surface area (Å²) in [5.74, 6) is 0.718. The Balaban J connectivity index is 2.52. The minimum absolute atomic E-state index is 0.718. The molecule has 2 nitrogen and oxygen atoms in total. The van der Waals surface area contributed by atoms with E-state index in [9.17, 15) is 0 Å². The van der Waals surface area contributed by atoms with E-state index in [-0.39, 0.29) is 0 Å². The van der Waals surface area contributed by atoms with Gasteiger partial charge in [-0.05, 0) is 6.42 Å². The quantitative estimate of drug-likeness (QED) is 0.549. The highest BCUT2D eigenvalue weighted by molar-refractivity contribution is 5.90. The van der Waals surface area contributed by atoms with Crippen LogP contribution in [0.25, 0.3) is 0 Å². The lowest BCUT2D eigenvalue weighted by Crippen LogP contribution is -2.09. The number of nitrogens with zero attached hydrogens (tertiary/aromatic N) is 1. The molecule has 1 fully saturated rings. The molecular weight excluding hydrogens is 112 g/mol. The third kappa shape index (κ3) is 1.30. The van der Waals surface area contributed by atoms with Gasteiger partial charge in [-0.15, -0.1) is 0 Å². The highest BCUT2D eigenvalue weighted by Crippen LogP contribution is 2.08. The summed E-state index contributed by atoms with van der Waals surface area (Å²) in [6, 6.07) is 0. The summed E-state index contributed by atoms with van der Waals surface area (Å²) in [7, 11) is 1.88. The number of aliphatic imine (C=N–C) groups is 1. The third-order valence-corrected chi connectivity index (χ3v) is 1.95. The van der Waals surface area contributed by atoms with E-state index in [4.69, 9.17) is 0 Å². The van der Waals surface area contributed by atoms with E-state index < -0.39 is 0 Å². The molecule has 0 aromatic rings. The summed E-state index contributed by atoms with van der Waals surface area (Å²) in [4.78, 5) is 4.19. The van der Waals surface area contributed by atoms with Crippen molar-refractivity contribution < 1.29 is 0 Å². The Bertz CT molecular complexity index is 118. The SMILES string of the molecule is CCC1CNCC1=NC. The highest BCUT2D eigenvalue weighted by Gasteiger charge is 2.18. The first-order valence-electron chi connectivity index (χ1n) is 3.54. The van der Waals surface area contributed by atoms with Gasteiger partial charge in [0.15, 0.2) is 0 Å². The van der Waals surface area contributed by atoms with E-state index in [0.717, 1.165) is 19.0 Å². The zero-order valence-corrected chi connectivity index (χ0v) is 6.15. The molecule has 1 rings (SSSR count). The number of hydrogen-bond acceptors (Lipinski definition) is 2. The first-order chi connectivity index (χ1) is 4.38. The van der Waals surface area contributed by atoms with Crippen LogP contribution in [0.2, 0.25) is 0 Å². The molecule has 1 atom stereocenters. The molecule has 1 N–H and O–H groups in total. The maximum Gasteiger partial charge on any atom is 0.0338 e. The van der Waals surface area contributed by atoms with E-state index in [0.29, 0.717) is 0 Å². The molecule has 0 aliphatic carbocycles. The van der Waals surface area contributed by atoms with Crippen LogP contribution in [0.3, 0.4) is 0 Å². The second-order valence-electron chi connectivity index (χ2n) is 2.45. The average molecular weight is 126 g/mol. The predicted molar refractivity (Wildman–Crippen MR) is 40.0 cm³/mol. The maximum absolute atomic E-state index is 4.19. The molecule has 9 heavy (non-hydrogen) atoms. The zero-order valence-electron chi connectivity index (χ0n) is 6.15. The molecule has 0 saturated carbocycles. The number of nitrogens with one attached hydrogen (secondary N) is 1. The molecular formula is C7H14N2. The Kier molecular flexibility index (Phi) is 2.22. The lowest BCUT2D eigenvalue weighted by molar-refractivity contribution is 0.662. The van der Waals surface area contributed by atoms with Crippen molar-refractivity contribution in [2.75, 3.05) is 20.1 Å². The minimum atomic E-state index is 0.718. The van der Waals surface area contributed by atoms with Crippen LogP contribution in [0.5, 0.6) is 0 Å². The standard InChI is InChI=1S/C7H14N2/c1-3-6-4-9-5-7(6)8-2/h6,9H,3-5H2,1-2H3. The van der Waals surface area contributed by atoms with Crippen LogP contribution in [0.1, 0.15) is 13.3 Å². The molecule has 0 radical (unpaired) electrons.